The molecule has 2 rings (SSSR count). The van der Waals surface area contributed by atoms with Crippen molar-refractivity contribution >= 4 is 5.91 Å². The summed E-state index contributed by atoms with van der Waals surface area (Å²) in [4.78, 5) is 16.0. The Bertz CT molecular complexity index is 366. The average molecular weight is 233 g/mol. The summed E-state index contributed by atoms with van der Waals surface area (Å²) in [6, 6.07) is 3.82. The molecule has 4 nitrogen and oxygen atoms in total. The molecule has 0 aromatic carbocycles. The third-order valence-corrected chi connectivity index (χ3v) is 3.51. The first-order valence-electron chi connectivity index (χ1n) is 6.18. The summed E-state index contributed by atoms with van der Waals surface area (Å²) in [5.41, 5.74) is 6.76. The highest BCUT2D eigenvalue weighted by Gasteiger charge is 2.31. The number of amides is 1. The molecule has 0 radical (unpaired) electrons. The predicted octanol–water partition coefficient (Wildman–Crippen LogP) is 1.07. The van der Waals surface area contributed by atoms with Crippen LogP contribution < -0.4 is 11.1 Å². The molecule has 1 heterocycles. The van der Waals surface area contributed by atoms with E-state index in [-0.39, 0.29) is 11.8 Å². The predicted molar refractivity (Wildman–Crippen MR) is 66.0 cm³/mol. The van der Waals surface area contributed by atoms with E-state index in [0.717, 1.165) is 24.8 Å². The van der Waals surface area contributed by atoms with Gasteiger partial charge in [-0.3, -0.25) is 9.78 Å². The van der Waals surface area contributed by atoms with Crippen molar-refractivity contribution in [2.75, 3.05) is 6.54 Å². The van der Waals surface area contributed by atoms with Gasteiger partial charge in [0, 0.05) is 24.9 Å². The van der Waals surface area contributed by atoms with Crippen LogP contribution in [0.15, 0.2) is 24.5 Å². The maximum atomic E-state index is 12.0. The Balaban J connectivity index is 1.85. The van der Waals surface area contributed by atoms with Gasteiger partial charge in [0.1, 0.15) is 0 Å². The van der Waals surface area contributed by atoms with Gasteiger partial charge in [-0.05, 0) is 43.0 Å². The van der Waals surface area contributed by atoms with Crippen LogP contribution in [0.3, 0.4) is 0 Å². The summed E-state index contributed by atoms with van der Waals surface area (Å²) in [6.07, 6.45) is 6.66. The maximum absolute atomic E-state index is 12.0. The van der Waals surface area contributed by atoms with Gasteiger partial charge in [0.15, 0.2) is 0 Å². The van der Waals surface area contributed by atoms with Crippen molar-refractivity contribution in [3.63, 3.8) is 0 Å². The highest BCUT2D eigenvalue weighted by Crippen LogP contribution is 2.30. The van der Waals surface area contributed by atoms with Crippen molar-refractivity contribution < 1.29 is 4.79 Å². The van der Waals surface area contributed by atoms with Gasteiger partial charge in [0.2, 0.25) is 5.91 Å². The van der Waals surface area contributed by atoms with E-state index in [1.807, 2.05) is 12.1 Å². The van der Waals surface area contributed by atoms with E-state index in [9.17, 15) is 4.79 Å². The van der Waals surface area contributed by atoms with Gasteiger partial charge >= 0.3 is 0 Å². The third-order valence-electron chi connectivity index (χ3n) is 3.51. The second kappa shape index (κ2) is 5.77. The molecule has 1 amide bonds. The number of nitrogens with zero attached hydrogens (tertiary/aromatic N) is 1. The van der Waals surface area contributed by atoms with Crippen LogP contribution >= 0.6 is 0 Å². The second-order valence-corrected chi connectivity index (χ2v) is 4.61. The molecule has 1 aliphatic carbocycles. The highest BCUT2D eigenvalue weighted by molar-refractivity contribution is 5.79. The Morgan fingerprint density at radius 1 is 1.41 bits per heavy atom. The smallest absolute Gasteiger partial charge is 0.223 e. The molecular weight excluding hydrogens is 214 g/mol. The number of carbonyl (C=O) groups excluding carboxylic acids is 1. The maximum Gasteiger partial charge on any atom is 0.223 e. The summed E-state index contributed by atoms with van der Waals surface area (Å²) < 4.78 is 0. The van der Waals surface area contributed by atoms with E-state index in [1.54, 1.807) is 12.4 Å². The minimum absolute atomic E-state index is 0.113. The van der Waals surface area contributed by atoms with Crippen LogP contribution in [0.25, 0.3) is 0 Å². The number of aromatic nitrogens is 1. The van der Waals surface area contributed by atoms with E-state index in [0.29, 0.717) is 19.0 Å². The summed E-state index contributed by atoms with van der Waals surface area (Å²) >= 11 is 0. The quantitative estimate of drug-likeness (QED) is 0.817. The molecule has 0 saturated heterocycles. The molecule has 0 unspecified atom stereocenters. The van der Waals surface area contributed by atoms with E-state index in [1.165, 1.54) is 0 Å². The van der Waals surface area contributed by atoms with Crippen molar-refractivity contribution in [2.45, 2.75) is 25.8 Å². The summed E-state index contributed by atoms with van der Waals surface area (Å²) in [6.45, 7) is 1.20. The molecule has 1 fully saturated rings. The largest absolute Gasteiger partial charge is 0.352 e. The van der Waals surface area contributed by atoms with Gasteiger partial charge in [-0.2, -0.15) is 0 Å². The fourth-order valence-corrected chi connectivity index (χ4v) is 2.49. The van der Waals surface area contributed by atoms with Crippen molar-refractivity contribution in [3.8, 4) is 0 Å². The highest BCUT2D eigenvalue weighted by atomic mass is 16.1. The first-order chi connectivity index (χ1) is 8.31. The average Bonchev–Trinajstić information content (AvgIpc) is 2.85. The second-order valence-electron chi connectivity index (χ2n) is 4.61. The van der Waals surface area contributed by atoms with Crippen LogP contribution in [-0.4, -0.2) is 17.4 Å². The zero-order chi connectivity index (χ0) is 12.1. The third kappa shape index (κ3) is 3.03. The number of carbonyl (C=O) groups is 1. The summed E-state index contributed by atoms with van der Waals surface area (Å²) in [7, 11) is 0. The normalized spacial score (nSPS) is 23.6. The molecule has 1 aromatic rings. The molecule has 92 valence electrons. The standard InChI is InChI=1S/C13H19N3O/c14-8-11-2-1-3-12(11)13(17)16-9-10-4-6-15-7-5-10/h4-7,11-12H,1-3,8-9,14H2,(H,16,17)/t11-,12-/m1/s1. The molecule has 0 bridgehead atoms. The van der Waals surface area contributed by atoms with Gasteiger partial charge < -0.3 is 11.1 Å². The van der Waals surface area contributed by atoms with Crippen LogP contribution in [0.2, 0.25) is 0 Å². The molecule has 2 atom stereocenters. The van der Waals surface area contributed by atoms with Crippen molar-refractivity contribution in [1.29, 1.82) is 0 Å². The Labute approximate surface area is 102 Å². The number of hydrogen-bond acceptors (Lipinski definition) is 3. The SMILES string of the molecule is NC[C@H]1CCC[C@H]1C(=O)NCc1ccncc1. The zero-order valence-corrected chi connectivity index (χ0v) is 9.93. The molecule has 3 N–H and O–H groups in total. The molecule has 0 aliphatic heterocycles. The fourth-order valence-electron chi connectivity index (χ4n) is 2.49. The molecular formula is C13H19N3O. The first kappa shape index (κ1) is 12.0. The lowest BCUT2D eigenvalue weighted by atomic mass is 9.95. The number of pyridine rings is 1. The molecule has 4 heteroatoms. The van der Waals surface area contributed by atoms with E-state index < -0.39 is 0 Å². The van der Waals surface area contributed by atoms with Crippen LogP contribution in [0, 0.1) is 11.8 Å². The van der Waals surface area contributed by atoms with Gasteiger partial charge in [-0.25, -0.2) is 0 Å². The first-order valence-corrected chi connectivity index (χ1v) is 6.18. The number of nitrogens with two attached hydrogens (primary N) is 1. The molecule has 17 heavy (non-hydrogen) atoms. The lowest BCUT2D eigenvalue weighted by molar-refractivity contribution is -0.126. The number of hydrogen-bond donors (Lipinski definition) is 2. The van der Waals surface area contributed by atoms with Gasteiger partial charge in [0.05, 0.1) is 0 Å². The minimum Gasteiger partial charge on any atom is -0.352 e. The molecule has 1 aromatic heterocycles. The van der Waals surface area contributed by atoms with Crippen LogP contribution in [0.4, 0.5) is 0 Å². The van der Waals surface area contributed by atoms with Crippen LogP contribution in [0.5, 0.6) is 0 Å². The van der Waals surface area contributed by atoms with Crippen LogP contribution in [-0.2, 0) is 11.3 Å². The van der Waals surface area contributed by atoms with Gasteiger partial charge in [-0.15, -0.1) is 0 Å². The Morgan fingerprint density at radius 2 is 2.18 bits per heavy atom. The van der Waals surface area contributed by atoms with Crippen molar-refractivity contribution in [2.24, 2.45) is 17.6 Å². The number of nitrogens with one attached hydrogen (secondary N) is 1. The molecule has 1 aliphatic rings. The monoisotopic (exact) mass is 233 g/mol. The van der Waals surface area contributed by atoms with E-state index >= 15 is 0 Å². The lowest BCUT2D eigenvalue weighted by Crippen LogP contribution is -2.34. The fraction of sp³-hybridized carbons (Fsp3) is 0.538. The Kier molecular flexibility index (Phi) is 4.09. The lowest BCUT2D eigenvalue weighted by Gasteiger charge is -2.17. The Hall–Kier alpha value is -1.42. The van der Waals surface area contributed by atoms with Crippen LogP contribution in [0.1, 0.15) is 24.8 Å². The van der Waals surface area contributed by atoms with E-state index in [2.05, 4.69) is 10.3 Å². The Morgan fingerprint density at radius 3 is 2.88 bits per heavy atom. The molecule has 0 spiro atoms. The van der Waals surface area contributed by atoms with Gasteiger partial charge in [-0.1, -0.05) is 6.42 Å². The minimum atomic E-state index is 0.113. The summed E-state index contributed by atoms with van der Waals surface area (Å²) in [5.74, 6) is 0.629. The van der Waals surface area contributed by atoms with Gasteiger partial charge in [0.25, 0.3) is 0 Å². The van der Waals surface area contributed by atoms with Crippen molar-refractivity contribution in [1.82, 2.24) is 10.3 Å². The number of rotatable bonds is 4. The zero-order valence-electron chi connectivity index (χ0n) is 9.93. The summed E-state index contributed by atoms with van der Waals surface area (Å²) in [5, 5.41) is 2.98. The van der Waals surface area contributed by atoms with Crippen molar-refractivity contribution in [3.05, 3.63) is 30.1 Å². The topological polar surface area (TPSA) is 68.0 Å². The van der Waals surface area contributed by atoms with E-state index in [4.69, 9.17) is 5.73 Å². The molecule has 1 saturated carbocycles.